The molecule has 0 spiro atoms. The van der Waals surface area contributed by atoms with Crippen LogP contribution in [0.2, 0.25) is 10.0 Å². The summed E-state index contributed by atoms with van der Waals surface area (Å²) < 4.78 is 5.46. The smallest absolute Gasteiger partial charge is 0.258 e. The Bertz CT molecular complexity index is 769. The molecule has 0 unspecified atom stereocenters. The first-order valence-electron chi connectivity index (χ1n) is 8.73. The molecule has 0 atom stereocenters. The summed E-state index contributed by atoms with van der Waals surface area (Å²) in [6.07, 6.45) is 3.35. The third-order valence-electron chi connectivity index (χ3n) is 4.66. The number of halogens is 2. The molecule has 1 aliphatic rings. The second kappa shape index (κ2) is 8.76. The second-order valence-electron chi connectivity index (χ2n) is 6.34. The van der Waals surface area contributed by atoms with Crippen LogP contribution < -0.4 is 10.1 Å². The Labute approximate surface area is 164 Å². The van der Waals surface area contributed by atoms with Crippen molar-refractivity contribution in [2.24, 2.45) is 0 Å². The number of rotatable bonds is 6. The average Bonchev–Trinajstić information content (AvgIpc) is 3.14. The van der Waals surface area contributed by atoms with Gasteiger partial charge in [-0.2, -0.15) is 0 Å². The molecule has 0 saturated carbocycles. The Morgan fingerprint density at radius 1 is 1.12 bits per heavy atom. The van der Waals surface area contributed by atoms with E-state index < -0.39 is 0 Å². The van der Waals surface area contributed by atoms with Crippen LogP contribution in [0.5, 0.6) is 5.75 Å². The molecule has 0 bridgehead atoms. The molecule has 1 aliphatic heterocycles. The zero-order valence-corrected chi connectivity index (χ0v) is 16.2. The van der Waals surface area contributed by atoms with Gasteiger partial charge in [-0.3, -0.25) is 4.79 Å². The summed E-state index contributed by atoms with van der Waals surface area (Å²) in [7, 11) is 1.59. The normalized spacial score (nSPS) is 14.4. The van der Waals surface area contributed by atoms with Gasteiger partial charge < -0.3 is 15.0 Å². The molecule has 1 amide bonds. The first-order valence-corrected chi connectivity index (χ1v) is 9.49. The summed E-state index contributed by atoms with van der Waals surface area (Å²) in [4.78, 5) is 15.2. The summed E-state index contributed by atoms with van der Waals surface area (Å²) in [6, 6.07) is 10.8. The highest BCUT2D eigenvalue weighted by atomic mass is 35.5. The van der Waals surface area contributed by atoms with E-state index in [2.05, 4.69) is 10.2 Å². The number of methoxy groups -OCH3 is 1. The Hall–Kier alpha value is -1.75. The number of anilines is 1. The molecule has 2 aromatic carbocycles. The van der Waals surface area contributed by atoms with Gasteiger partial charge in [-0.25, -0.2) is 0 Å². The lowest BCUT2D eigenvalue weighted by molar-refractivity contribution is 0.102. The first-order chi connectivity index (χ1) is 12.6. The lowest BCUT2D eigenvalue weighted by atomic mass is 10.1. The molecule has 2 aromatic rings. The first kappa shape index (κ1) is 19.0. The van der Waals surface area contributed by atoms with Gasteiger partial charge in [-0.05, 0) is 56.1 Å². The molecule has 0 aromatic heterocycles. The van der Waals surface area contributed by atoms with Crippen molar-refractivity contribution in [2.75, 3.05) is 32.1 Å². The Morgan fingerprint density at radius 3 is 2.42 bits per heavy atom. The van der Waals surface area contributed by atoms with Crippen LogP contribution in [0.4, 0.5) is 5.69 Å². The monoisotopic (exact) mass is 392 g/mol. The molecule has 1 heterocycles. The number of para-hydroxylation sites is 1. The molecular formula is C20H22Cl2N2O2. The van der Waals surface area contributed by atoms with Gasteiger partial charge in [0.1, 0.15) is 5.75 Å². The topological polar surface area (TPSA) is 41.6 Å². The minimum atomic E-state index is -0.340. The SMILES string of the molecule is COc1cccc(CCN2CCCC2)c1NC(=O)c1c(Cl)cccc1Cl. The molecule has 3 rings (SSSR count). The highest BCUT2D eigenvalue weighted by Crippen LogP contribution is 2.31. The van der Waals surface area contributed by atoms with Crippen molar-refractivity contribution in [2.45, 2.75) is 19.3 Å². The predicted octanol–water partition coefficient (Wildman–Crippen LogP) is 4.89. The maximum atomic E-state index is 12.8. The number of benzene rings is 2. The van der Waals surface area contributed by atoms with Crippen LogP contribution in [-0.4, -0.2) is 37.6 Å². The van der Waals surface area contributed by atoms with E-state index in [-0.39, 0.29) is 11.5 Å². The zero-order chi connectivity index (χ0) is 18.5. The van der Waals surface area contributed by atoms with E-state index in [4.69, 9.17) is 27.9 Å². The van der Waals surface area contributed by atoms with Gasteiger partial charge in [0.05, 0.1) is 28.4 Å². The molecule has 1 N–H and O–H groups in total. The Kier molecular flexibility index (Phi) is 6.41. The van der Waals surface area contributed by atoms with Crippen LogP contribution in [-0.2, 0) is 6.42 Å². The van der Waals surface area contributed by atoms with Crippen molar-refractivity contribution >= 4 is 34.8 Å². The molecule has 26 heavy (non-hydrogen) atoms. The largest absolute Gasteiger partial charge is 0.495 e. The molecule has 138 valence electrons. The maximum absolute atomic E-state index is 12.8. The van der Waals surface area contributed by atoms with E-state index in [0.29, 0.717) is 21.5 Å². The van der Waals surface area contributed by atoms with E-state index in [1.807, 2.05) is 18.2 Å². The number of hydrogen-bond acceptors (Lipinski definition) is 3. The van der Waals surface area contributed by atoms with Crippen LogP contribution >= 0.6 is 23.2 Å². The van der Waals surface area contributed by atoms with Crippen LogP contribution in [0.25, 0.3) is 0 Å². The van der Waals surface area contributed by atoms with Crippen molar-refractivity contribution in [3.63, 3.8) is 0 Å². The van der Waals surface area contributed by atoms with E-state index in [9.17, 15) is 4.79 Å². The molecule has 1 saturated heterocycles. The second-order valence-corrected chi connectivity index (χ2v) is 7.16. The number of amides is 1. The molecular weight excluding hydrogens is 371 g/mol. The van der Waals surface area contributed by atoms with Gasteiger partial charge in [0.15, 0.2) is 0 Å². The van der Waals surface area contributed by atoms with Crippen molar-refractivity contribution in [1.82, 2.24) is 4.90 Å². The van der Waals surface area contributed by atoms with Crippen LogP contribution in [0.1, 0.15) is 28.8 Å². The lowest BCUT2D eigenvalue weighted by Crippen LogP contribution is -2.23. The third kappa shape index (κ3) is 4.32. The molecule has 6 heteroatoms. The van der Waals surface area contributed by atoms with Gasteiger partial charge in [0, 0.05) is 6.54 Å². The highest BCUT2D eigenvalue weighted by molar-refractivity contribution is 6.40. The van der Waals surface area contributed by atoms with Gasteiger partial charge in [-0.1, -0.05) is 41.4 Å². The van der Waals surface area contributed by atoms with E-state index in [1.165, 1.54) is 12.8 Å². The summed E-state index contributed by atoms with van der Waals surface area (Å²) in [6.45, 7) is 3.24. The van der Waals surface area contributed by atoms with Crippen LogP contribution in [0, 0.1) is 0 Å². The van der Waals surface area contributed by atoms with Gasteiger partial charge >= 0.3 is 0 Å². The number of nitrogens with zero attached hydrogens (tertiary/aromatic N) is 1. The van der Waals surface area contributed by atoms with E-state index in [1.54, 1.807) is 25.3 Å². The van der Waals surface area contributed by atoms with Crippen molar-refractivity contribution in [1.29, 1.82) is 0 Å². The summed E-state index contributed by atoms with van der Waals surface area (Å²) in [5, 5.41) is 3.60. The van der Waals surface area contributed by atoms with Gasteiger partial charge in [0.25, 0.3) is 5.91 Å². The molecule has 4 nitrogen and oxygen atoms in total. The number of ether oxygens (including phenoxy) is 1. The molecule has 1 fully saturated rings. The maximum Gasteiger partial charge on any atom is 0.258 e. The van der Waals surface area contributed by atoms with Crippen molar-refractivity contribution in [3.8, 4) is 5.75 Å². The average molecular weight is 393 g/mol. The number of hydrogen-bond donors (Lipinski definition) is 1. The fraction of sp³-hybridized carbons (Fsp3) is 0.350. The number of likely N-dealkylation sites (tertiary alicyclic amines) is 1. The zero-order valence-electron chi connectivity index (χ0n) is 14.7. The number of carbonyl (C=O) groups is 1. The molecule has 0 radical (unpaired) electrons. The summed E-state index contributed by atoms with van der Waals surface area (Å²) in [5.74, 6) is 0.285. The third-order valence-corrected chi connectivity index (χ3v) is 5.29. The fourth-order valence-corrected chi connectivity index (χ4v) is 3.84. The van der Waals surface area contributed by atoms with Crippen LogP contribution in [0.3, 0.4) is 0 Å². The summed E-state index contributed by atoms with van der Waals surface area (Å²) >= 11 is 12.3. The van der Waals surface area contributed by atoms with E-state index in [0.717, 1.165) is 31.6 Å². The number of nitrogens with one attached hydrogen (secondary N) is 1. The quantitative estimate of drug-likeness (QED) is 0.760. The standard InChI is InChI=1S/C20H22Cl2N2O2/c1-26-17-9-4-6-14(10-13-24-11-2-3-12-24)19(17)23-20(25)18-15(21)7-5-8-16(18)22/h4-9H,2-3,10-13H2,1H3,(H,23,25). The minimum Gasteiger partial charge on any atom is -0.495 e. The van der Waals surface area contributed by atoms with Gasteiger partial charge in [-0.15, -0.1) is 0 Å². The summed E-state index contributed by atoms with van der Waals surface area (Å²) in [5.41, 5.74) is 1.98. The predicted molar refractivity (Wildman–Crippen MR) is 107 cm³/mol. The highest BCUT2D eigenvalue weighted by Gasteiger charge is 2.19. The van der Waals surface area contributed by atoms with E-state index >= 15 is 0 Å². The van der Waals surface area contributed by atoms with Crippen molar-refractivity contribution in [3.05, 3.63) is 57.6 Å². The van der Waals surface area contributed by atoms with Crippen molar-refractivity contribution < 1.29 is 9.53 Å². The fourth-order valence-electron chi connectivity index (χ4n) is 3.27. The van der Waals surface area contributed by atoms with Gasteiger partial charge in [0.2, 0.25) is 0 Å². The Balaban J connectivity index is 1.84. The Morgan fingerprint density at radius 2 is 1.77 bits per heavy atom. The number of carbonyl (C=O) groups excluding carboxylic acids is 1. The lowest BCUT2D eigenvalue weighted by Gasteiger charge is -2.18. The van der Waals surface area contributed by atoms with Crippen LogP contribution in [0.15, 0.2) is 36.4 Å². The molecule has 0 aliphatic carbocycles. The minimum absolute atomic E-state index is 0.271.